The molecule has 0 aliphatic rings. The fourth-order valence-electron chi connectivity index (χ4n) is 0.867. The summed E-state index contributed by atoms with van der Waals surface area (Å²) in [5.74, 6) is 0.333. The van der Waals surface area contributed by atoms with Gasteiger partial charge in [0.2, 0.25) is 0 Å². The molecule has 2 nitrogen and oxygen atoms in total. The molecule has 0 saturated carbocycles. The third-order valence-corrected chi connectivity index (χ3v) is 1.85. The van der Waals surface area contributed by atoms with Gasteiger partial charge in [-0.05, 0) is 26.3 Å². The van der Waals surface area contributed by atoms with E-state index in [0.717, 1.165) is 5.57 Å². The Bertz CT molecular complexity index is 182. The first-order chi connectivity index (χ1) is 5.63. The quantitative estimate of drug-likeness (QED) is 0.492. The van der Waals surface area contributed by atoms with Gasteiger partial charge in [-0.25, -0.2) is 0 Å². The van der Waals surface area contributed by atoms with Crippen LogP contribution in [0.1, 0.15) is 20.8 Å². The van der Waals surface area contributed by atoms with Crippen molar-refractivity contribution in [2.45, 2.75) is 26.9 Å². The molecule has 0 radical (unpaired) electrons. The van der Waals surface area contributed by atoms with Gasteiger partial charge in [-0.2, -0.15) is 0 Å². The average Bonchev–Trinajstić information content (AvgIpc) is 2.03. The van der Waals surface area contributed by atoms with Crippen molar-refractivity contribution >= 4 is 6.21 Å². The van der Waals surface area contributed by atoms with Gasteiger partial charge < -0.3 is 5.32 Å². The van der Waals surface area contributed by atoms with Crippen molar-refractivity contribution in [3.63, 3.8) is 0 Å². The molecule has 0 bridgehead atoms. The first-order valence-electron chi connectivity index (χ1n) is 4.13. The molecule has 12 heavy (non-hydrogen) atoms. The molecule has 1 N–H and O–H groups in total. The topological polar surface area (TPSA) is 24.4 Å². The van der Waals surface area contributed by atoms with E-state index >= 15 is 0 Å². The van der Waals surface area contributed by atoms with Crippen LogP contribution in [-0.2, 0) is 0 Å². The van der Waals surface area contributed by atoms with Gasteiger partial charge in [0, 0.05) is 5.92 Å². The maximum atomic E-state index is 4.27. The van der Waals surface area contributed by atoms with E-state index in [9.17, 15) is 0 Å². The van der Waals surface area contributed by atoms with Crippen molar-refractivity contribution in [2.24, 2.45) is 10.9 Å². The molecule has 0 saturated heterocycles. The zero-order valence-corrected chi connectivity index (χ0v) is 8.17. The molecule has 0 aliphatic carbocycles. The van der Waals surface area contributed by atoms with Crippen molar-refractivity contribution in [1.29, 1.82) is 0 Å². The molecule has 0 fully saturated rings. The van der Waals surface area contributed by atoms with Crippen LogP contribution in [-0.4, -0.2) is 12.4 Å². The molecule has 0 aliphatic heterocycles. The predicted molar refractivity (Wildman–Crippen MR) is 55.3 cm³/mol. The SMILES string of the molecule is C=CNC(N=CC)C(C)C(=C)C. The van der Waals surface area contributed by atoms with Crippen LogP contribution < -0.4 is 5.32 Å². The van der Waals surface area contributed by atoms with Crippen LogP contribution in [0.5, 0.6) is 0 Å². The molecule has 2 heteroatoms. The van der Waals surface area contributed by atoms with Gasteiger partial charge in [-0.3, -0.25) is 4.99 Å². The minimum Gasteiger partial charge on any atom is -0.370 e. The minimum absolute atomic E-state index is 0.0741. The second kappa shape index (κ2) is 5.58. The summed E-state index contributed by atoms with van der Waals surface area (Å²) >= 11 is 0. The summed E-state index contributed by atoms with van der Waals surface area (Å²) in [5, 5.41) is 3.07. The summed E-state index contributed by atoms with van der Waals surface area (Å²) in [5.41, 5.74) is 1.12. The molecule has 68 valence electrons. The third-order valence-electron chi connectivity index (χ3n) is 1.85. The van der Waals surface area contributed by atoms with Gasteiger partial charge in [0.05, 0.1) is 0 Å². The van der Waals surface area contributed by atoms with Crippen LogP contribution in [0.4, 0.5) is 0 Å². The summed E-state index contributed by atoms with van der Waals surface area (Å²) in [4.78, 5) is 4.27. The lowest BCUT2D eigenvalue weighted by molar-refractivity contribution is 0.480. The number of aliphatic imine (C=N–C) groups is 1. The van der Waals surface area contributed by atoms with Crippen molar-refractivity contribution < 1.29 is 0 Å². The molecule has 0 rings (SSSR count). The van der Waals surface area contributed by atoms with E-state index in [1.807, 2.05) is 13.8 Å². The Hall–Kier alpha value is -1.05. The molecule has 0 aromatic heterocycles. The second-order valence-corrected chi connectivity index (χ2v) is 2.86. The first kappa shape index (κ1) is 11.0. The van der Waals surface area contributed by atoms with Gasteiger partial charge in [-0.1, -0.05) is 25.7 Å². The van der Waals surface area contributed by atoms with E-state index in [-0.39, 0.29) is 6.17 Å². The van der Waals surface area contributed by atoms with Gasteiger partial charge in [-0.15, -0.1) is 0 Å². The summed E-state index contributed by atoms with van der Waals surface area (Å²) in [6, 6.07) is 0. The predicted octanol–water partition coefficient (Wildman–Crippen LogP) is 2.35. The van der Waals surface area contributed by atoms with Crippen LogP contribution in [0.15, 0.2) is 29.9 Å². The Morgan fingerprint density at radius 3 is 2.50 bits per heavy atom. The Morgan fingerprint density at radius 1 is 1.58 bits per heavy atom. The maximum absolute atomic E-state index is 4.27. The highest BCUT2D eigenvalue weighted by Gasteiger charge is 2.13. The summed E-state index contributed by atoms with van der Waals surface area (Å²) in [6.07, 6.45) is 3.53. The molecule has 2 unspecified atom stereocenters. The highest BCUT2D eigenvalue weighted by atomic mass is 15.1. The van der Waals surface area contributed by atoms with Gasteiger partial charge >= 0.3 is 0 Å². The van der Waals surface area contributed by atoms with Gasteiger partial charge in [0.15, 0.2) is 0 Å². The van der Waals surface area contributed by atoms with Crippen LogP contribution >= 0.6 is 0 Å². The molecule has 0 amide bonds. The monoisotopic (exact) mass is 166 g/mol. The summed E-state index contributed by atoms with van der Waals surface area (Å²) < 4.78 is 0. The number of rotatable bonds is 5. The van der Waals surface area contributed by atoms with E-state index < -0.39 is 0 Å². The van der Waals surface area contributed by atoms with Crippen molar-refractivity contribution in [3.05, 3.63) is 24.9 Å². The maximum Gasteiger partial charge on any atom is 0.124 e. The lowest BCUT2D eigenvalue weighted by Crippen LogP contribution is -2.29. The lowest BCUT2D eigenvalue weighted by Gasteiger charge is -2.20. The van der Waals surface area contributed by atoms with E-state index in [0.29, 0.717) is 5.92 Å². The molecule has 0 aromatic rings. The number of nitrogens with one attached hydrogen (secondary N) is 1. The van der Waals surface area contributed by atoms with E-state index in [2.05, 4.69) is 30.4 Å². The van der Waals surface area contributed by atoms with Gasteiger partial charge in [0.25, 0.3) is 0 Å². The highest BCUT2D eigenvalue weighted by Crippen LogP contribution is 2.12. The van der Waals surface area contributed by atoms with Gasteiger partial charge in [0.1, 0.15) is 6.17 Å². The minimum atomic E-state index is 0.0741. The highest BCUT2D eigenvalue weighted by molar-refractivity contribution is 5.53. The number of nitrogens with zero attached hydrogens (tertiary/aromatic N) is 1. The van der Waals surface area contributed by atoms with Crippen LogP contribution in [0, 0.1) is 5.92 Å². The van der Waals surface area contributed by atoms with Crippen LogP contribution in [0.25, 0.3) is 0 Å². The Labute approximate surface area is 75.1 Å². The average molecular weight is 166 g/mol. The molecular weight excluding hydrogens is 148 g/mol. The first-order valence-corrected chi connectivity index (χ1v) is 4.13. The second-order valence-electron chi connectivity index (χ2n) is 2.86. The molecule has 0 aromatic carbocycles. The van der Waals surface area contributed by atoms with Crippen molar-refractivity contribution in [3.8, 4) is 0 Å². The van der Waals surface area contributed by atoms with Crippen LogP contribution in [0.2, 0.25) is 0 Å². The van der Waals surface area contributed by atoms with Crippen molar-refractivity contribution in [1.82, 2.24) is 5.32 Å². The zero-order chi connectivity index (χ0) is 9.56. The molecule has 0 heterocycles. The number of hydrogen-bond donors (Lipinski definition) is 1. The fraction of sp³-hybridized carbons (Fsp3) is 0.500. The Morgan fingerprint density at radius 2 is 2.17 bits per heavy atom. The van der Waals surface area contributed by atoms with Crippen molar-refractivity contribution in [2.75, 3.05) is 0 Å². The largest absolute Gasteiger partial charge is 0.370 e. The molecular formula is C10H18N2. The normalized spacial score (nSPS) is 15.6. The Kier molecular flexibility index (Phi) is 5.09. The van der Waals surface area contributed by atoms with E-state index in [1.54, 1.807) is 12.4 Å². The lowest BCUT2D eigenvalue weighted by atomic mass is 10.0. The third kappa shape index (κ3) is 3.37. The smallest absolute Gasteiger partial charge is 0.124 e. The molecule has 0 spiro atoms. The summed E-state index contributed by atoms with van der Waals surface area (Å²) in [6.45, 7) is 13.5. The van der Waals surface area contributed by atoms with E-state index in [1.165, 1.54) is 0 Å². The number of hydrogen-bond acceptors (Lipinski definition) is 2. The standard InChI is InChI=1S/C10H18N2/c1-6-11-10(12-7-2)9(5)8(3)4/h6-7,9-11H,1,3H2,2,4-5H3. The fourth-order valence-corrected chi connectivity index (χ4v) is 0.867. The van der Waals surface area contributed by atoms with Crippen LogP contribution in [0.3, 0.4) is 0 Å². The zero-order valence-electron chi connectivity index (χ0n) is 8.17. The van der Waals surface area contributed by atoms with E-state index in [4.69, 9.17) is 0 Å². The molecule has 2 atom stereocenters. The summed E-state index contributed by atoms with van der Waals surface area (Å²) in [7, 11) is 0. The Balaban J connectivity index is 4.27.